The summed E-state index contributed by atoms with van der Waals surface area (Å²) < 4.78 is 6.22. The lowest BCUT2D eigenvalue weighted by Crippen LogP contribution is -2.37. The van der Waals surface area contributed by atoms with Crippen molar-refractivity contribution in [3.63, 3.8) is 0 Å². The van der Waals surface area contributed by atoms with Crippen LogP contribution in [0.2, 0.25) is 0 Å². The monoisotopic (exact) mass is 371 g/mol. The van der Waals surface area contributed by atoms with Crippen molar-refractivity contribution in [3.8, 4) is 0 Å². The summed E-state index contributed by atoms with van der Waals surface area (Å²) in [5, 5.41) is 6.13. The first-order valence-electron chi connectivity index (χ1n) is 7.40. The molecule has 1 atom stereocenters. The van der Waals surface area contributed by atoms with E-state index in [0.29, 0.717) is 13.1 Å². The minimum Gasteiger partial charge on any atom is -0.444 e. The van der Waals surface area contributed by atoms with Crippen LogP contribution in [0.4, 0.5) is 10.5 Å². The molecule has 0 aliphatic heterocycles. The standard InChI is InChI=1S/C16H26BrN3O2/c1-11-7-12(17)9-14(8-11)20-13(10-18)5-6-19-15(21)22-16(2,3)4/h7-9,13,20H,5-6,10,18H2,1-4H3,(H,19,21). The molecule has 0 aromatic heterocycles. The van der Waals surface area contributed by atoms with Crippen LogP contribution in [0.3, 0.4) is 0 Å². The Labute approximate surface area is 141 Å². The molecule has 6 heteroatoms. The van der Waals surface area contributed by atoms with E-state index in [1.54, 1.807) is 0 Å². The van der Waals surface area contributed by atoms with Gasteiger partial charge in [0.25, 0.3) is 0 Å². The number of hydrogen-bond acceptors (Lipinski definition) is 4. The molecular weight excluding hydrogens is 346 g/mol. The third-order valence-electron chi connectivity index (χ3n) is 2.86. The number of benzene rings is 1. The molecule has 4 N–H and O–H groups in total. The van der Waals surface area contributed by atoms with E-state index >= 15 is 0 Å². The summed E-state index contributed by atoms with van der Waals surface area (Å²) in [5.41, 5.74) is 7.49. The van der Waals surface area contributed by atoms with Gasteiger partial charge >= 0.3 is 6.09 Å². The first-order chi connectivity index (χ1) is 10.2. The number of nitrogens with one attached hydrogen (secondary N) is 2. The molecule has 22 heavy (non-hydrogen) atoms. The molecule has 0 aliphatic carbocycles. The third-order valence-corrected chi connectivity index (χ3v) is 3.32. The number of aryl methyl sites for hydroxylation is 1. The lowest BCUT2D eigenvalue weighted by Gasteiger charge is -2.21. The molecule has 0 heterocycles. The van der Waals surface area contributed by atoms with Crippen molar-refractivity contribution >= 4 is 27.7 Å². The average Bonchev–Trinajstić information content (AvgIpc) is 2.34. The summed E-state index contributed by atoms with van der Waals surface area (Å²) in [4.78, 5) is 11.6. The summed E-state index contributed by atoms with van der Waals surface area (Å²) in [5.74, 6) is 0. The maximum Gasteiger partial charge on any atom is 0.407 e. The quantitative estimate of drug-likeness (QED) is 0.715. The number of rotatable bonds is 6. The minimum atomic E-state index is -0.483. The summed E-state index contributed by atoms with van der Waals surface area (Å²) in [7, 11) is 0. The average molecular weight is 372 g/mol. The number of anilines is 1. The zero-order valence-corrected chi connectivity index (χ0v) is 15.3. The predicted octanol–water partition coefficient (Wildman–Crippen LogP) is 3.41. The molecular formula is C16H26BrN3O2. The molecule has 5 nitrogen and oxygen atoms in total. The Morgan fingerprint density at radius 1 is 1.36 bits per heavy atom. The van der Waals surface area contributed by atoms with Crippen LogP contribution in [0.25, 0.3) is 0 Å². The minimum absolute atomic E-state index is 0.0867. The summed E-state index contributed by atoms with van der Waals surface area (Å²) in [6, 6.07) is 6.21. The normalized spacial score (nSPS) is 12.6. The van der Waals surface area contributed by atoms with Gasteiger partial charge in [-0.3, -0.25) is 0 Å². The van der Waals surface area contributed by atoms with E-state index in [1.807, 2.05) is 39.8 Å². The van der Waals surface area contributed by atoms with Crippen molar-refractivity contribution in [2.75, 3.05) is 18.4 Å². The van der Waals surface area contributed by atoms with E-state index in [9.17, 15) is 4.79 Å². The van der Waals surface area contributed by atoms with Gasteiger partial charge in [0.05, 0.1) is 0 Å². The maximum atomic E-state index is 11.6. The summed E-state index contributed by atoms with van der Waals surface area (Å²) in [6.07, 6.45) is 0.322. The zero-order chi connectivity index (χ0) is 16.8. The van der Waals surface area contributed by atoms with Crippen LogP contribution in [0.1, 0.15) is 32.8 Å². The molecule has 1 amide bonds. The molecule has 1 rings (SSSR count). The zero-order valence-electron chi connectivity index (χ0n) is 13.7. The van der Waals surface area contributed by atoms with Crippen molar-refractivity contribution in [2.45, 2.75) is 45.8 Å². The molecule has 0 bridgehead atoms. The number of carbonyl (C=O) groups excluding carboxylic acids is 1. The fraction of sp³-hybridized carbons (Fsp3) is 0.562. The van der Waals surface area contributed by atoms with Crippen molar-refractivity contribution in [3.05, 3.63) is 28.2 Å². The van der Waals surface area contributed by atoms with Gasteiger partial charge < -0.3 is 21.1 Å². The van der Waals surface area contributed by atoms with Crippen LogP contribution in [0.5, 0.6) is 0 Å². The van der Waals surface area contributed by atoms with Crippen molar-refractivity contribution in [1.29, 1.82) is 0 Å². The Morgan fingerprint density at radius 2 is 2.05 bits per heavy atom. The largest absolute Gasteiger partial charge is 0.444 e. The number of carbonyl (C=O) groups is 1. The van der Waals surface area contributed by atoms with Gasteiger partial charge in [0.1, 0.15) is 5.60 Å². The molecule has 0 aliphatic rings. The van der Waals surface area contributed by atoms with Crippen LogP contribution in [-0.4, -0.2) is 30.8 Å². The molecule has 0 fully saturated rings. The van der Waals surface area contributed by atoms with E-state index in [4.69, 9.17) is 10.5 Å². The lowest BCUT2D eigenvalue weighted by atomic mass is 10.1. The Morgan fingerprint density at radius 3 is 2.59 bits per heavy atom. The fourth-order valence-corrected chi connectivity index (χ4v) is 2.57. The van der Waals surface area contributed by atoms with Gasteiger partial charge in [0, 0.05) is 29.3 Å². The molecule has 0 saturated heterocycles. The van der Waals surface area contributed by atoms with Gasteiger partial charge in [0.15, 0.2) is 0 Å². The lowest BCUT2D eigenvalue weighted by molar-refractivity contribution is 0.0527. The van der Waals surface area contributed by atoms with Crippen LogP contribution in [-0.2, 0) is 4.74 Å². The fourth-order valence-electron chi connectivity index (χ4n) is 1.97. The SMILES string of the molecule is Cc1cc(Br)cc(NC(CN)CCNC(=O)OC(C)(C)C)c1. The van der Waals surface area contributed by atoms with Crippen molar-refractivity contribution in [1.82, 2.24) is 5.32 Å². The molecule has 0 radical (unpaired) electrons. The Kier molecular flexibility index (Phi) is 7.16. The number of alkyl carbamates (subject to hydrolysis) is 1. The molecule has 124 valence electrons. The van der Waals surface area contributed by atoms with Crippen LogP contribution in [0, 0.1) is 6.92 Å². The Hall–Kier alpha value is -1.27. The first-order valence-corrected chi connectivity index (χ1v) is 8.19. The highest BCUT2D eigenvalue weighted by Crippen LogP contribution is 2.20. The van der Waals surface area contributed by atoms with Gasteiger partial charge in [-0.1, -0.05) is 15.9 Å². The van der Waals surface area contributed by atoms with E-state index in [-0.39, 0.29) is 6.04 Å². The van der Waals surface area contributed by atoms with Crippen LogP contribution in [0.15, 0.2) is 22.7 Å². The third kappa shape index (κ3) is 7.66. The molecule has 0 spiro atoms. The molecule has 1 aromatic rings. The highest BCUT2D eigenvalue weighted by molar-refractivity contribution is 9.10. The second-order valence-electron chi connectivity index (χ2n) is 6.31. The van der Waals surface area contributed by atoms with Gasteiger partial charge in [-0.25, -0.2) is 4.79 Å². The molecule has 0 saturated carbocycles. The second kappa shape index (κ2) is 8.39. The van der Waals surface area contributed by atoms with Crippen LogP contribution < -0.4 is 16.4 Å². The van der Waals surface area contributed by atoms with Crippen molar-refractivity contribution in [2.24, 2.45) is 5.73 Å². The molecule has 1 aromatic carbocycles. The highest BCUT2D eigenvalue weighted by Gasteiger charge is 2.16. The number of nitrogens with two attached hydrogens (primary N) is 1. The summed E-state index contributed by atoms with van der Waals surface area (Å²) in [6.45, 7) is 8.56. The second-order valence-corrected chi connectivity index (χ2v) is 7.23. The first kappa shape index (κ1) is 18.8. The van der Waals surface area contributed by atoms with E-state index in [2.05, 4.69) is 32.6 Å². The van der Waals surface area contributed by atoms with Gasteiger partial charge in [-0.05, 0) is 57.9 Å². The Balaban J connectivity index is 2.44. The van der Waals surface area contributed by atoms with Gasteiger partial charge in [-0.2, -0.15) is 0 Å². The maximum absolute atomic E-state index is 11.6. The number of hydrogen-bond donors (Lipinski definition) is 3. The Bertz CT molecular complexity index is 480. The summed E-state index contributed by atoms with van der Waals surface area (Å²) >= 11 is 3.48. The van der Waals surface area contributed by atoms with E-state index in [0.717, 1.165) is 16.6 Å². The van der Waals surface area contributed by atoms with Gasteiger partial charge in [-0.15, -0.1) is 0 Å². The predicted molar refractivity (Wildman–Crippen MR) is 94.2 cm³/mol. The highest BCUT2D eigenvalue weighted by atomic mass is 79.9. The number of ether oxygens (including phenoxy) is 1. The smallest absolute Gasteiger partial charge is 0.407 e. The number of halogens is 1. The van der Waals surface area contributed by atoms with Gasteiger partial charge in [0.2, 0.25) is 0 Å². The van der Waals surface area contributed by atoms with Crippen molar-refractivity contribution < 1.29 is 9.53 Å². The molecule has 1 unspecified atom stereocenters. The van der Waals surface area contributed by atoms with E-state index < -0.39 is 11.7 Å². The topological polar surface area (TPSA) is 76.4 Å². The number of amides is 1. The van der Waals surface area contributed by atoms with E-state index in [1.165, 1.54) is 5.56 Å². The van der Waals surface area contributed by atoms with Crippen LogP contribution >= 0.6 is 15.9 Å².